The van der Waals surface area contributed by atoms with Crippen molar-refractivity contribution >= 4 is 67.6 Å². The first-order valence-electron chi connectivity index (χ1n) is 23.4. The molecule has 18 heteroatoms. The number of fused-ring (bicyclic) bond motifs is 8. The van der Waals surface area contributed by atoms with Gasteiger partial charge in [-0.25, -0.2) is 0 Å². The summed E-state index contributed by atoms with van der Waals surface area (Å²) in [4.78, 5) is 47.2. The van der Waals surface area contributed by atoms with Crippen LogP contribution in [0, 0.1) is 12.8 Å². The first-order valence-corrected chi connectivity index (χ1v) is 26.9. The Morgan fingerprint density at radius 2 is 1.28 bits per heavy atom. The Hall–Kier alpha value is -5.92. The Bertz CT molecular complexity index is 3190. The highest BCUT2D eigenvalue weighted by atomic mass is 32.2. The molecule has 9 rings (SSSR count). The van der Waals surface area contributed by atoms with Crippen molar-refractivity contribution in [3.05, 3.63) is 141 Å². The van der Waals surface area contributed by atoms with E-state index in [1.807, 2.05) is 87.5 Å². The van der Waals surface area contributed by atoms with E-state index in [4.69, 9.17) is 18.4 Å². The third-order valence-corrected chi connectivity index (χ3v) is 16.9. The highest BCUT2D eigenvalue weighted by Crippen LogP contribution is 2.44. The summed E-state index contributed by atoms with van der Waals surface area (Å²) in [5.74, 6) is -0.912. The van der Waals surface area contributed by atoms with E-state index in [9.17, 15) is 35.8 Å². The Balaban J connectivity index is 1.02. The number of ether oxygens (including phenoxy) is 3. The number of para-hydroxylation sites is 2. The molecule has 15 nitrogen and oxygen atoms in total. The summed E-state index contributed by atoms with van der Waals surface area (Å²) in [6, 6.07) is 26.0. The number of hydrogen-bond acceptors (Lipinski definition) is 12. The summed E-state index contributed by atoms with van der Waals surface area (Å²) in [5, 5.41) is -1.05. The zero-order valence-electron chi connectivity index (χ0n) is 40.4. The van der Waals surface area contributed by atoms with Crippen molar-refractivity contribution in [1.29, 1.82) is 0 Å². The molecular weight excluding hydrogens is 967 g/mol. The van der Waals surface area contributed by atoms with Crippen LogP contribution < -0.4 is 28.9 Å². The van der Waals surface area contributed by atoms with Gasteiger partial charge in [0.15, 0.2) is 11.5 Å². The maximum atomic E-state index is 14.4. The Labute approximate surface area is 420 Å². The first kappa shape index (κ1) is 50.0. The van der Waals surface area contributed by atoms with E-state index < -0.39 is 49.2 Å². The van der Waals surface area contributed by atoms with Crippen molar-refractivity contribution in [2.75, 3.05) is 41.7 Å². The van der Waals surface area contributed by atoms with Gasteiger partial charge in [0.05, 0.1) is 26.0 Å². The number of thiol groups is 1. The second-order valence-electron chi connectivity index (χ2n) is 19.6. The first-order chi connectivity index (χ1) is 33.6. The molecule has 0 saturated carbocycles. The number of amides is 3. The van der Waals surface area contributed by atoms with E-state index in [0.717, 1.165) is 18.2 Å². The average Bonchev–Trinajstić information content (AvgIpc) is 3.85. The minimum absolute atomic E-state index is 0.0161. The number of rotatable bonds is 15. The minimum atomic E-state index is -4.42. The van der Waals surface area contributed by atoms with Gasteiger partial charge in [-0.2, -0.15) is 29.5 Å². The lowest BCUT2D eigenvalue weighted by Gasteiger charge is -2.28. The number of carbonyl (C=O) groups is 3. The van der Waals surface area contributed by atoms with Crippen LogP contribution in [0.4, 0.5) is 17.1 Å². The van der Waals surface area contributed by atoms with Crippen LogP contribution in [-0.4, -0.2) is 88.2 Å². The summed E-state index contributed by atoms with van der Waals surface area (Å²) in [7, 11) is -4.22. The zero-order valence-corrected chi connectivity index (χ0v) is 42.9. The quantitative estimate of drug-likeness (QED) is 0.0592. The van der Waals surface area contributed by atoms with Crippen LogP contribution in [0.2, 0.25) is 0 Å². The second kappa shape index (κ2) is 19.3. The van der Waals surface area contributed by atoms with Crippen molar-refractivity contribution in [3.63, 3.8) is 0 Å². The summed E-state index contributed by atoms with van der Waals surface area (Å²) < 4.78 is 85.5. The Morgan fingerprint density at radius 1 is 0.732 bits per heavy atom. The smallest absolute Gasteiger partial charge is 0.272 e. The van der Waals surface area contributed by atoms with Crippen LogP contribution in [0.25, 0.3) is 0 Å². The van der Waals surface area contributed by atoms with Crippen LogP contribution in [0.5, 0.6) is 17.2 Å². The number of nitrogens with zero attached hydrogens (tertiary/aromatic N) is 3. The highest BCUT2D eigenvalue weighted by molar-refractivity contribution is 7.87. The van der Waals surface area contributed by atoms with Gasteiger partial charge >= 0.3 is 0 Å². The van der Waals surface area contributed by atoms with E-state index in [2.05, 4.69) is 12.6 Å². The van der Waals surface area contributed by atoms with Gasteiger partial charge in [-0.05, 0) is 133 Å². The van der Waals surface area contributed by atoms with Crippen LogP contribution in [0.3, 0.4) is 0 Å². The molecule has 5 aromatic rings. The van der Waals surface area contributed by atoms with Crippen molar-refractivity contribution in [2.45, 2.75) is 94.6 Å². The Kier molecular flexibility index (Phi) is 13.6. The summed E-state index contributed by atoms with van der Waals surface area (Å²) >= 11 is 4.62. The second-order valence-corrected chi connectivity index (χ2v) is 24.2. The molecule has 0 aromatic heterocycles. The van der Waals surface area contributed by atoms with E-state index in [1.54, 1.807) is 46.0 Å². The molecule has 0 radical (unpaired) electrons. The molecule has 0 aliphatic carbocycles. The van der Waals surface area contributed by atoms with Gasteiger partial charge in [-0.3, -0.25) is 23.1 Å². The molecule has 4 aliphatic heterocycles. The van der Waals surface area contributed by atoms with Gasteiger partial charge in [-0.1, -0.05) is 50.2 Å². The van der Waals surface area contributed by atoms with E-state index in [0.29, 0.717) is 86.8 Å². The third-order valence-electron chi connectivity index (χ3n) is 14.2. The minimum Gasteiger partial charge on any atom is -0.493 e. The standard InChI is InChI=1S/C53H57N3O12S3/c1-31-17-40-37(26-49(71(63,64)66-6)45-23-35-12-8-10-14-43(35)56(45)51(40)58)24-46(31)67-28-32-18-33(20-39(19-32)54(4)50(57)15-16-53(2,3)69)29-68-48-25-36-21-38(30-70(60,61)62)44-22-34-11-7-9-13-42(34)55(44)52(59)41(36)27-47(48)65-5/h7-14,17-20,24-25,27,38,44-45,49,69H,15-16,21-23,26,28-30H2,1-6H3,(H,60,61,62)/t38?,44-,45-,49?/m0/s1. The van der Waals surface area contributed by atoms with Crippen LogP contribution in [0.15, 0.2) is 91.0 Å². The van der Waals surface area contributed by atoms with Gasteiger partial charge in [0.25, 0.3) is 32.1 Å². The lowest BCUT2D eigenvalue weighted by molar-refractivity contribution is -0.118. The summed E-state index contributed by atoms with van der Waals surface area (Å²) in [6.45, 7) is 5.71. The average molecular weight is 1020 g/mol. The molecule has 4 heterocycles. The number of anilines is 3. The maximum absolute atomic E-state index is 14.4. The van der Waals surface area contributed by atoms with Crippen molar-refractivity contribution in [3.8, 4) is 17.2 Å². The molecule has 71 heavy (non-hydrogen) atoms. The fourth-order valence-electron chi connectivity index (χ4n) is 10.6. The number of methoxy groups -OCH3 is 1. The largest absolute Gasteiger partial charge is 0.493 e. The summed E-state index contributed by atoms with van der Waals surface area (Å²) in [5.41, 5.74) is 7.50. The normalized spacial score (nSPS) is 19.4. The predicted molar refractivity (Wildman–Crippen MR) is 274 cm³/mol. The van der Waals surface area contributed by atoms with E-state index >= 15 is 0 Å². The number of carbonyl (C=O) groups excluding carboxylic acids is 3. The van der Waals surface area contributed by atoms with Crippen molar-refractivity contribution in [1.82, 2.24) is 0 Å². The molecule has 2 unspecified atom stereocenters. The van der Waals surface area contributed by atoms with Crippen molar-refractivity contribution < 1.29 is 54.2 Å². The van der Waals surface area contributed by atoms with Gasteiger partial charge < -0.3 is 28.9 Å². The molecule has 4 aliphatic rings. The molecule has 5 aromatic carbocycles. The van der Waals surface area contributed by atoms with Crippen LogP contribution in [-0.2, 0) is 68.1 Å². The van der Waals surface area contributed by atoms with Crippen LogP contribution in [0.1, 0.15) is 86.3 Å². The third kappa shape index (κ3) is 10.1. The lowest BCUT2D eigenvalue weighted by Crippen LogP contribution is -2.47. The molecule has 0 spiro atoms. The molecule has 374 valence electrons. The van der Waals surface area contributed by atoms with Gasteiger partial charge in [0.2, 0.25) is 5.91 Å². The maximum Gasteiger partial charge on any atom is 0.272 e. The Morgan fingerprint density at radius 3 is 1.87 bits per heavy atom. The number of aryl methyl sites for hydroxylation is 1. The SMILES string of the molecule is COc1cc2c(cc1OCc1cc(COc3cc4c(cc3C)C(=O)N3c5ccccc5C[C@H]3C(S(=O)(=O)OC)C4)cc(N(C)C(=O)CCC(C)(C)S)c1)CC(CS(=O)(=O)O)[C@@H]1Cc3ccccc3N1C2=O. The topological polar surface area (TPSA) is 186 Å². The van der Waals surface area contributed by atoms with Gasteiger partial charge in [0.1, 0.15) is 24.2 Å². The molecule has 4 atom stereocenters. The lowest BCUT2D eigenvalue weighted by atomic mass is 9.91. The molecule has 0 fully saturated rings. The van der Waals surface area contributed by atoms with Crippen molar-refractivity contribution in [2.24, 2.45) is 5.92 Å². The predicted octanol–water partition coefficient (Wildman–Crippen LogP) is 7.72. The van der Waals surface area contributed by atoms with Crippen LogP contribution >= 0.6 is 12.6 Å². The zero-order chi connectivity index (χ0) is 50.7. The van der Waals surface area contributed by atoms with Gasteiger partial charge in [0, 0.05) is 58.4 Å². The summed E-state index contributed by atoms with van der Waals surface area (Å²) in [6.07, 6.45) is 1.75. The molecule has 1 N–H and O–H groups in total. The molecule has 0 bridgehead atoms. The monoisotopic (exact) mass is 1020 g/mol. The molecule has 0 saturated heterocycles. The van der Waals surface area contributed by atoms with E-state index in [-0.39, 0.29) is 60.7 Å². The highest BCUT2D eigenvalue weighted by Gasteiger charge is 2.48. The number of benzene rings is 5. The van der Waals surface area contributed by atoms with E-state index in [1.165, 1.54) is 7.11 Å². The molecular formula is C53H57N3O12S3. The molecule has 3 amide bonds. The van der Waals surface area contributed by atoms with Gasteiger partial charge in [-0.15, -0.1) is 0 Å². The fraction of sp³-hybridized carbons (Fsp3) is 0.377. The fourth-order valence-corrected chi connectivity index (χ4v) is 12.8. The number of hydrogen-bond donors (Lipinski definition) is 2.